The van der Waals surface area contributed by atoms with Crippen molar-refractivity contribution >= 4 is 40.2 Å². The van der Waals surface area contributed by atoms with Crippen LogP contribution >= 0.6 is 11.6 Å². The minimum Gasteiger partial charge on any atom is -0.481 e. The van der Waals surface area contributed by atoms with E-state index in [1.54, 1.807) is 48.7 Å². The van der Waals surface area contributed by atoms with Gasteiger partial charge in [0, 0.05) is 28.6 Å². The van der Waals surface area contributed by atoms with Gasteiger partial charge in [0.1, 0.15) is 5.65 Å². The van der Waals surface area contributed by atoms with E-state index in [0.717, 1.165) is 10.6 Å². The van der Waals surface area contributed by atoms with Crippen molar-refractivity contribution in [2.75, 3.05) is 0 Å². The van der Waals surface area contributed by atoms with E-state index in [1.165, 1.54) is 0 Å². The van der Waals surface area contributed by atoms with E-state index >= 15 is 0 Å². The number of hydrogen-bond donors (Lipinski definition) is 2. The number of fused-ring (bicyclic) bond motifs is 1. The fourth-order valence-electron chi connectivity index (χ4n) is 4.61. The number of pyridine rings is 2. The number of H-pyrrole nitrogens is 1. The summed E-state index contributed by atoms with van der Waals surface area (Å²) in [6, 6.07) is 17.1. The minimum absolute atomic E-state index is 0.115. The van der Waals surface area contributed by atoms with Crippen LogP contribution in [0.3, 0.4) is 0 Å². The molecule has 2 N–H and O–H groups in total. The van der Waals surface area contributed by atoms with Crippen LogP contribution in [0.15, 0.2) is 76.8 Å². The molecule has 8 nitrogen and oxygen atoms in total. The highest BCUT2D eigenvalue weighted by Gasteiger charge is 2.38. The van der Waals surface area contributed by atoms with E-state index in [-0.39, 0.29) is 17.7 Å². The molecule has 3 heterocycles. The Hall–Kier alpha value is -4.37. The molecule has 0 bridgehead atoms. The Bertz CT molecular complexity index is 1630. The Kier molecular flexibility index (Phi) is 6.77. The highest BCUT2D eigenvalue weighted by molar-refractivity contribution is 6.30. The number of nitrogens with zero attached hydrogens (tertiary/aromatic N) is 3. The number of rotatable bonds is 6. The number of aryl methyl sites for hydroxylation is 1. The number of carboxylic acids is 1. The third kappa shape index (κ3) is 4.80. The topological polar surface area (TPSA) is 116 Å². The van der Waals surface area contributed by atoms with Gasteiger partial charge in [-0.3, -0.25) is 14.4 Å². The van der Waals surface area contributed by atoms with Gasteiger partial charge >= 0.3 is 5.97 Å². The molecule has 0 fully saturated rings. The molecule has 0 saturated heterocycles. The molecule has 2 atom stereocenters. The zero-order valence-electron chi connectivity index (χ0n) is 20.2. The van der Waals surface area contributed by atoms with Gasteiger partial charge in [-0.1, -0.05) is 53.6 Å². The van der Waals surface area contributed by atoms with E-state index < -0.39 is 36.1 Å². The summed E-state index contributed by atoms with van der Waals surface area (Å²) in [6.07, 6.45) is -1.60. The lowest BCUT2D eigenvalue weighted by Gasteiger charge is -2.23. The van der Waals surface area contributed by atoms with Crippen molar-refractivity contribution in [3.05, 3.63) is 98.9 Å². The van der Waals surface area contributed by atoms with E-state index in [9.17, 15) is 18.8 Å². The maximum atomic E-state index is 14.7. The number of nitrogens with one attached hydrogen (secondary N) is 1. The smallest absolute Gasteiger partial charge is 0.306 e. The van der Waals surface area contributed by atoms with E-state index in [2.05, 4.69) is 15.1 Å². The number of aromatic amines is 1. The number of carboxylic acid groups (broad SMARTS) is 1. The summed E-state index contributed by atoms with van der Waals surface area (Å²) in [6.45, 7) is 1.91. The molecule has 192 valence electrons. The first-order chi connectivity index (χ1) is 18.2. The average Bonchev–Trinajstić information content (AvgIpc) is 3.33. The fourth-order valence-corrected chi connectivity index (χ4v) is 4.74. The number of hydrogen-bond acceptors (Lipinski definition) is 5. The second-order valence-electron chi connectivity index (χ2n) is 9.04. The first kappa shape index (κ1) is 25.3. The number of aliphatic carboxylic acids is 1. The number of benzene rings is 2. The highest BCUT2D eigenvalue weighted by atomic mass is 35.5. The van der Waals surface area contributed by atoms with Gasteiger partial charge in [0.25, 0.3) is 11.5 Å². The number of amides is 1. The van der Waals surface area contributed by atoms with Crippen molar-refractivity contribution in [1.29, 1.82) is 0 Å². The Morgan fingerprint density at radius 1 is 1.13 bits per heavy atom. The first-order valence-electron chi connectivity index (χ1n) is 11.8. The SMILES string of the molecule is Cc1ccc([C@H]2CC(c3c(-c4ccc(Cl)cc4)c4cccnc4[nH]c3=O)=NN2C(=O)C(F)CC(=O)O)cc1. The Labute approximate surface area is 221 Å². The molecule has 1 aliphatic heterocycles. The summed E-state index contributed by atoms with van der Waals surface area (Å²) in [5, 5.41) is 15.6. The normalized spacial score (nSPS) is 15.9. The maximum Gasteiger partial charge on any atom is 0.306 e. The molecule has 4 aromatic rings. The van der Waals surface area contributed by atoms with E-state index in [1.807, 2.05) is 25.1 Å². The minimum atomic E-state index is -2.29. The van der Waals surface area contributed by atoms with Crippen LogP contribution in [0, 0.1) is 6.92 Å². The van der Waals surface area contributed by atoms with Crippen LogP contribution in [-0.2, 0) is 9.59 Å². The zero-order chi connectivity index (χ0) is 27.0. The molecule has 10 heteroatoms. The number of aromatic nitrogens is 2. The number of halogens is 2. The molecule has 2 aromatic carbocycles. The molecule has 1 amide bonds. The van der Waals surface area contributed by atoms with Crippen molar-refractivity contribution in [1.82, 2.24) is 15.0 Å². The number of alkyl halides is 1. The van der Waals surface area contributed by atoms with Gasteiger partial charge in [-0.2, -0.15) is 5.10 Å². The van der Waals surface area contributed by atoms with Crippen LogP contribution in [0.2, 0.25) is 5.02 Å². The number of carbonyl (C=O) groups excluding carboxylic acids is 1. The van der Waals surface area contributed by atoms with Crippen molar-refractivity contribution < 1.29 is 19.1 Å². The molecule has 0 saturated carbocycles. The van der Waals surface area contributed by atoms with Crippen molar-refractivity contribution in [3.8, 4) is 11.1 Å². The standard InChI is InChI=1S/C28H22ClFN4O4/c1-15-4-6-16(7-5-15)22-14-21(33-34(22)28(38)20(30)13-23(35)36)25-24(17-8-10-18(29)11-9-17)19-3-2-12-31-26(19)32-27(25)37/h2-12,20,22H,13-14H2,1H3,(H,35,36)(H,31,32,37)/t20?,22-/m1/s1. The largest absolute Gasteiger partial charge is 0.481 e. The Morgan fingerprint density at radius 3 is 2.53 bits per heavy atom. The monoisotopic (exact) mass is 532 g/mol. The average molecular weight is 533 g/mol. The quantitative estimate of drug-likeness (QED) is 0.361. The summed E-state index contributed by atoms with van der Waals surface area (Å²) in [7, 11) is 0. The molecule has 1 aliphatic rings. The molecule has 0 radical (unpaired) electrons. The van der Waals surface area contributed by atoms with Gasteiger partial charge in [-0.25, -0.2) is 14.4 Å². The van der Waals surface area contributed by atoms with Gasteiger partial charge in [-0.15, -0.1) is 0 Å². The fraction of sp³-hybridized carbons (Fsp3) is 0.179. The van der Waals surface area contributed by atoms with Crippen LogP contribution in [0.4, 0.5) is 4.39 Å². The van der Waals surface area contributed by atoms with E-state index in [4.69, 9.17) is 16.7 Å². The molecule has 1 unspecified atom stereocenters. The molecular formula is C28H22ClFN4O4. The lowest BCUT2D eigenvalue weighted by molar-refractivity contribution is -0.146. The molecule has 0 aliphatic carbocycles. The van der Waals surface area contributed by atoms with Gasteiger partial charge in [0.05, 0.1) is 23.7 Å². The van der Waals surface area contributed by atoms with Gasteiger partial charge < -0.3 is 10.1 Å². The van der Waals surface area contributed by atoms with Crippen molar-refractivity contribution in [3.63, 3.8) is 0 Å². The summed E-state index contributed by atoms with van der Waals surface area (Å²) in [5.41, 5.74) is 3.28. The third-order valence-corrected chi connectivity index (χ3v) is 6.68. The van der Waals surface area contributed by atoms with Crippen LogP contribution in [0.25, 0.3) is 22.2 Å². The lowest BCUT2D eigenvalue weighted by Crippen LogP contribution is -2.35. The maximum absolute atomic E-state index is 14.7. The summed E-state index contributed by atoms with van der Waals surface area (Å²) >= 11 is 6.11. The molecular weight excluding hydrogens is 511 g/mol. The van der Waals surface area contributed by atoms with Gasteiger partial charge in [0.15, 0.2) is 6.17 Å². The molecule has 2 aromatic heterocycles. The Morgan fingerprint density at radius 2 is 1.84 bits per heavy atom. The molecule has 0 spiro atoms. The predicted molar refractivity (Wildman–Crippen MR) is 142 cm³/mol. The predicted octanol–water partition coefficient (Wildman–Crippen LogP) is 5.04. The third-order valence-electron chi connectivity index (χ3n) is 6.43. The zero-order valence-corrected chi connectivity index (χ0v) is 20.9. The number of carbonyl (C=O) groups is 2. The molecule has 38 heavy (non-hydrogen) atoms. The summed E-state index contributed by atoms with van der Waals surface area (Å²) < 4.78 is 14.7. The summed E-state index contributed by atoms with van der Waals surface area (Å²) in [4.78, 5) is 44.7. The van der Waals surface area contributed by atoms with Crippen LogP contribution < -0.4 is 5.56 Å². The second kappa shape index (κ2) is 10.2. The van der Waals surface area contributed by atoms with Crippen molar-refractivity contribution in [2.24, 2.45) is 5.10 Å². The summed E-state index contributed by atoms with van der Waals surface area (Å²) in [5.74, 6) is -2.52. The van der Waals surface area contributed by atoms with Gasteiger partial charge in [-0.05, 0) is 42.3 Å². The van der Waals surface area contributed by atoms with Crippen LogP contribution in [0.5, 0.6) is 0 Å². The number of hydrazone groups is 1. The van der Waals surface area contributed by atoms with E-state index in [0.29, 0.717) is 32.7 Å². The second-order valence-corrected chi connectivity index (χ2v) is 9.47. The van der Waals surface area contributed by atoms with Crippen LogP contribution in [0.1, 0.15) is 35.6 Å². The highest BCUT2D eigenvalue weighted by Crippen LogP contribution is 2.37. The van der Waals surface area contributed by atoms with Crippen LogP contribution in [-0.4, -0.2) is 43.8 Å². The van der Waals surface area contributed by atoms with Crippen molar-refractivity contribution in [2.45, 2.75) is 32.0 Å². The lowest BCUT2D eigenvalue weighted by atomic mass is 9.91. The molecule has 5 rings (SSSR count). The van der Waals surface area contributed by atoms with Gasteiger partial charge in [0.2, 0.25) is 0 Å². The first-order valence-corrected chi connectivity index (χ1v) is 12.2. The Balaban J connectivity index is 1.70.